The van der Waals surface area contributed by atoms with E-state index < -0.39 is 5.97 Å². The van der Waals surface area contributed by atoms with Crippen LogP contribution in [0.1, 0.15) is 39.5 Å². The molecular weight excluding hydrogens is 184 g/mol. The van der Waals surface area contributed by atoms with Crippen LogP contribution in [0.4, 0.5) is 0 Å². The molecule has 0 bridgehead atoms. The van der Waals surface area contributed by atoms with Crippen molar-refractivity contribution in [3.63, 3.8) is 0 Å². The van der Waals surface area contributed by atoms with Crippen molar-refractivity contribution in [2.24, 2.45) is 5.92 Å². The summed E-state index contributed by atoms with van der Waals surface area (Å²) < 4.78 is 0. The number of hydrogen-bond acceptors (Lipinski definition) is 1. The zero-order valence-corrected chi connectivity index (χ0v) is 8.22. The summed E-state index contributed by atoms with van der Waals surface area (Å²) >= 11 is 0. The first kappa shape index (κ1) is 13.6. The van der Waals surface area contributed by atoms with Crippen LogP contribution in [0, 0.1) is 5.92 Å². The van der Waals surface area contributed by atoms with Gasteiger partial charge < -0.3 is 5.11 Å². The van der Waals surface area contributed by atoms with E-state index in [1.807, 2.05) is 6.92 Å². The smallest absolute Gasteiger partial charge is 0.306 e. The van der Waals surface area contributed by atoms with Gasteiger partial charge in [-0.25, -0.2) is 0 Å². The molecule has 0 aromatic rings. The summed E-state index contributed by atoms with van der Waals surface area (Å²) in [4.78, 5) is 10.4. The van der Waals surface area contributed by atoms with Gasteiger partial charge in [0.05, 0.1) is 5.92 Å². The Morgan fingerprint density at radius 2 is 2.00 bits per heavy atom. The minimum Gasteiger partial charge on any atom is -0.481 e. The Bertz CT molecular complexity index is 104. The summed E-state index contributed by atoms with van der Waals surface area (Å²) in [5, 5.41) is 8.60. The number of hydrogen-bond donors (Lipinski definition) is 1. The molecule has 0 aromatic carbocycles. The van der Waals surface area contributed by atoms with Gasteiger partial charge in [0, 0.05) is 17.1 Å². The van der Waals surface area contributed by atoms with Crippen molar-refractivity contribution in [2.75, 3.05) is 0 Å². The minimum absolute atomic E-state index is 0. The average molecular weight is 200 g/mol. The van der Waals surface area contributed by atoms with Crippen LogP contribution in [0.2, 0.25) is 0 Å². The van der Waals surface area contributed by atoms with Gasteiger partial charge in [-0.3, -0.25) is 4.79 Å². The summed E-state index contributed by atoms with van der Waals surface area (Å²) in [6.45, 7) is 4.00. The molecule has 2 nitrogen and oxygen atoms in total. The third-order valence-electron chi connectivity index (χ3n) is 1.75. The fourth-order valence-electron chi connectivity index (χ4n) is 0.953. The molecule has 1 unspecified atom stereocenters. The number of aliphatic carboxylic acids is 1. The predicted octanol–water partition coefficient (Wildman–Crippen LogP) is 2.28. The molecule has 0 heterocycles. The fourth-order valence-corrected chi connectivity index (χ4v) is 0.953. The van der Waals surface area contributed by atoms with Gasteiger partial charge in [0.15, 0.2) is 0 Å². The SMILES string of the molecule is CCCCC(CC)C(=O)O.[Fe]. The van der Waals surface area contributed by atoms with Crippen LogP contribution >= 0.6 is 0 Å². The van der Waals surface area contributed by atoms with Gasteiger partial charge in [-0.1, -0.05) is 26.7 Å². The topological polar surface area (TPSA) is 37.3 Å². The molecule has 0 rings (SSSR count). The molecule has 0 saturated heterocycles. The number of carboxylic acid groups (broad SMARTS) is 1. The molecule has 0 amide bonds. The van der Waals surface area contributed by atoms with Crippen molar-refractivity contribution in [1.82, 2.24) is 0 Å². The van der Waals surface area contributed by atoms with Crippen molar-refractivity contribution in [3.8, 4) is 0 Å². The van der Waals surface area contributed by atoms with E-state index in [2.05, 4.69) is 6.92 Å². The summed E-state index contributed by atoms with van der Waals surface area (Å²) in [6.07, 6.45) is 3.71. The van der Waals surface area contributed by atoms with E-state index in [0.29, 0.717) is 0 Å². The zero-order chi connectivity index (χ0) is 7.98. The van der Waals surface area contributed by atoms with E-state index in [4.69, 9.17) is 5.11 Å². The van der Waals surface area contributed by atoms with E-state index in [-0.39, 0.29) is 23.0 Å². The van der Waals surface area contributed by atoms with E-state index in [9.17, 15) is 4.79 Å². The Balaban J connectivity index is 0. The van der Waals surface area contributed by atoms with Crippen LogP contribution in [-0.2, 0) is 21.9 Å². The summed E-state index contributed by atoms with van der Waals surface area (Å²) in [6, 6.07) is 0. The normalized spacial score (nSPS) is 11.8. The van der Waals surface area contributed by atoms with Crippen LogP contribution in [0.15, 0.2) is 0 Å². The van der Waals surface area contributed by atoms with E-state index in [1.54, 1.807) is 0 Å². The van der Waals surface area contributed by atoms with Crippen molar-refractivity contribution in [3.05, 3.63) is 0 Å². The van der Waals surface area contributed by atoms with Crippen LogP contribution in [-0.4, -0.2) is 11.1 Å². The van der Waals surface area contributed by atoms with Crippen LogP contribution in [0.25, 0.3) is 0 Å². The summed E-state index contributed by atoms with van der Waals surface area (Å²) in [5.74, 6) is -0.754. The fraction of sp³-hybridized carbons (Fsp3) is 0.875. The molecule has 0 aliphatic carbocycles. The zero-order valence-electron chi connectivity index (χ0n) is 7.11. The maximum atomic E-state index is 10.4. The number of carboxylic acids is 1. The first-order chi connectivity index (χ1) is 4.72. The minimum atomic E-state index is -0.643. The van der Waals surface area contributed by atoms with Gasteiger partial charge in [0.1, 0.15) is 0 Å². The molecule has 0 fully saturated rings. The van der Waals surface area contributed by atoms with Crippen LogP contribution < -0.4 is 0 Å². The van der Waals surface area contributed by atoms with Crippen LogP contribution in [0.3, 0.4) is 0 Å². The molecule has 68 valence electrons. The van der Waals surface area contributed by atoms with E-state index in [0.717, 1.165) is 25.7 Å². The molecule has 3 heteroatoms. The first-order valence-electron chi connectivity index (χ1n) is 3.95. The van der Waals surface area contributed by atoms with Crippen molar-refractivity contribution in [1.29, 1.82) is 0 Å². The van der Waals surface area contributed by atoms with Gasteiger partial charge in [-0.15, -0.1) is 0 Å². The Kier molecular flexibility index (Phi) is 9.98. The van der Waals surface area contributed by atoms with E-state index >= 15 is 0 Å². The molecule has 1 N–H and O–H groups in total. The van der Waals surface area contributed by atoms with Gasteiger partial charge >= 0.3 is 5.97 Å². The Morgan fingerprint density at radius 3 is 2.27 bits per heavy atom. The molecular formula is C8H16FeO2. The van der Waals surface area contributed by atoms with Crippen molar-refractivity contribution < 1.29 is 27.0 Å². The molecule has 1 atom stereocenters. The first-order valence-corrected chi connectivity index (χ1v) is 3.95. The summed E-state index contributed by atoms with van der Waals surface area (Å²) in [5.41, 5.74) is 0. The second-order valence-electron chi connectivity index (χ2n) is 2.59. The quantitative estimate of drug-likeness (QED) is 0.691. The maximum absolute atomic E-state index is 10.4. The predicted molar refractivity (Wildman–Crippen MR) is 40.9 cm³/mol. The van der Waals surface area contributed by atoms with Crippen LogP contribution in [0.5, 0.6) is 0 Å². The monoisotopic (exact) mass is 200 g/mol. The number of unbranched alkanes of at least 4 members (excludes halogenated alkanes) is 1. The second-order valence-corrected chi connectivity index (χ2v) is 2.59. The second kappa shape index (κ2) is 8.09. The number of carbonyl (C=O) groups is 1. The van der Waals surface area contributed by atoms with E-state index in [1.165, 1.54) is 0 Å². The molecule has 0 radical (unpaired) electrons. The largest absolute Gasteiger partial charge is 0.481 e. The number of rotatable bonds is 5. The standard InChI is InChI=1S/C8H16O2.Fe/c1-3-5-6-7(4-2)8(9)10;/h7H,3-6H2,1-2H3,(H,9,10);. The van der Waals surface area contributed by atoms with Gasteiger partial charge in [0.25, 0.3) is 0 Å². The van der Waals surface area contributed by atoms with Gasteiger partial charge in [-0.05, 0) is 12.8 Å². The van der Waals surface area contributed by atoms with Gasteiger partial charge in [0.2, 0.25) is 0 Å². The Morgan fingerprint density at radius 1 is 1.45 bits per heavy atom. The molecule has 0 spiro atoms. The molecule has 0 saturated carbocycles. The third-order valence-corrected chi connectivity index (χ3v) is 1.75. The summed E-state index contributed by atoms with van der Waals surface area (Å²) in [7, 11) is 0. The van der Waals surface area contributed by atoms with Crippen molar-refractivity contribution in [2.45, 2.75) is 39.5 Å². The third kappa shape index (κ3) is 6.39. The van der Waals surface area contributed by atoms with Crippen molar-refractivity contribution >= 4 is 5.97 Å². The maximum Gasteiger partial charge on any atom is 0.306 e. The Labute approximate surface area is 78.8 Å². The molecule has 0 aliphatic rings. The van der Waals surface area contributed by atoms with Gasteiger partial charge in [-0.2, -0.15) is 0 Å². The molecule has 0 aliphatic heterocycles. The Hall–Kier alpha value is -0.0105. The molecule has 11 heavy (non-hydrogen) atoms. The average Bonchev–Trinajstić information content (AvgIpc) is 1.89. The molecule has 0 aromatic heterocycles.